The van der Waals surface area contributed by atoms with Crippen molar-refractivity contribution in [2.45, 2.75) is 66.5 Å². The van der Waals surface area contributed by atoms with Crippen LogP contribution in [0.3, 0.4) is 0 Å². The third kappa shape index (κ3) is 7.93. The second-order valence-electron chi connectivity index (χ2n) is 8.18. The largest absolute Gasteiger partial charge is 0.476 e. The molecular formula is C21H40N4O2. The number of hydrogen-bond acceptors (Lipinski definition) is 6. The van der Waals surface area contributed by atoms with E-state index in [4.69, 9.17) is 15.2 Å². The highest BCUT2D eigenvalue weighted by Crippen LogP contribution is 2.27. The highest BCUT2D eigenvalue weighted by Gasteiger charge is 2.26. The third-order valence-corrected chi connectivity index (χ3v) is 4.85. The monoisotopic (exact) mass is 380 g/mol. The molecule has 1 aliphatic heterocycles. The molecule has 6 nitrogen and oxygen atoms in total. The standard InChI is InChI=1S/C21H40N4O2/c1-8-15(3)24-10-16(9-2)19(22)14-26-17-11-25-20(27-13-17)18(12-23-7)21(4,5)6/h12,15,17,24-25H,8-11,13-14,22H2,1-7H3/b19-16-,20-18-,23-12?/t15-,17?/m0/s1. The summed E-state index contributed by atoms with van der Waals surface area (Å²) in [5.74, 6) is 0.795. The van der Waals surface area contributed by atoms with E-state index >= 15 is 0 Å². The minimum Gasteiger partial charge on any atom is -0.476 e. The molecule has 1 heterocycles. The van der Waals surface area contributed by atoms with Crippen LogP contribution in [0.2, 0.25) is 0 Å². The lowest BCUT2D eigenvalue weighted by Crippen LogP contribution is -2.41. The molecule has 0 radical (unpaired) electrons. The van der Waals surface area contributed by atoms with Crippen LogP contribution in [-0.2, 0) is 9.47 Å². The van der Waals surface area contributed by atoms with Gasteiger partial charge in [-0.05, 0) is 30.8 Å². The first-order chi connectivity index (χ1) is 12.7. The predicted octanol–water partition coefficient (Wildman–Crippen LogP) is 2.96. The summed E-state index contributed by atoms with van der Waals surface area (Å²) in [5, 5.41) is 6.84. The zero-order valence-electron chi connectivity index (χ0n) is 18.3. The molecule has 2 atom stereocenters. The molecule has 0 saturated carbocycles. The first-order valence-corrected chi connectivity index (χ1v) is 10.1. The van der Waals surface area contributed by atoms with E-state index in [-0.39, 0.29) is 11.5 Å². The lowest BCUT2D eigenvalue weighted by Gasteiger charge is -2.31. The van der Waals surface area contributed by atoms with Crippen molar-refractivity contribution in [3.63, 3.8) is 0 Å². The molecule has 6 heteroatoms. The minimum absolute atomic E-state index is 0.0206. The van der Waals surface area contributed by atoms with Gasteiger partial charge in [0.2, 0.25) is 0 Å². The summed E-state index contributed by atoms with van der Waals surface area (Å²) < 4.78 is 11.9. The molecule has 1 saturated heterocycles. The molecule has 1 rings (SSSR count). The Hall–Kier alpha value is -1.53. The van der Waals surface area contributed by atoms with E-state index < -0.39 is 0 Å². The van der Waals surface area contributed by atoms with Crippen LogP contribution in [0.25, 0.3) is 0 Å². The number of ether oxygens (including phenoxy) is 2. The predicted molar refractivity (Wildman–Crippen MR) is 114 cm³/mol. The zero-order valence-corrected chi connectivity index (χ0v) is 18.3. The van der Waals surface area contributed by atoms with Crippen LogP contribution in [0, 0.1) is 5.41 Å². The van der Waals surface area contributed by atoms with E-state index in [0.29, 0.717) is 25.8 Å². The fraction of sp³-hybridized carbons (Fsp3) is 0.762. The summed E-state index contributed by atoms with van der Waals surface area (Å²) in [6.07, 6.45) is 3.87. The fourth-order valence-corrected chi connectivity index (χ4v) is 2.71. The Balaban J connectivity index is 2.60. The van der Waals surface area contributed by atoms with Crippen LogP contribution in [-0.4, -0.2) is 51.7 Å². The number of nitrogens with zero attached hydrogens (tertiary/aromatic N) is 1. The van der Waals surface area contributed by atoms with Gasteiger partial charge in [-0.15, -0.1) is 0 Å². The lowest BCUT2D eigenvalue weighted by atomic mass is 9.87. The molecule has 156 valence electrons. The third-order valence-electron chi connectivity index (χ3n) is 4.85. The maximum Gasteiger partial charge on any atom is 0.192 e. The first kappa shape index (κ1) is 23.5. The van der Waals surface area contributed by atoms with E-state index in [2.05, 4.69) is 57.2 Å². The summed E-state index contributed by atoms with van der Waals surface area (Å²) in [5.41, 5.74) is 9.33. The summed E-state index contributed by atoms with van der Waals surface area (Å²) in [4.78, 5) is 4.16. The van der Waals surface area contributed by atoms with Crippen molar-refractivity contribution in [1.82, 2.24) is 10.6 Å². The summed E-state index contributed by atoms with van der Waals surface area (Å²) in [6, 6.07) is 0.491. The van der Waals surface area contributed by atoms with Crippen LogP contribution >= 0.6 is 0 Å². The van der Waals surface area contributed by atoms with Crippen molar-refractivity contribution in [2.24, 2.45) is 16.1 Å². The van der Waals surface area contributed by atoms with Gasteiger partial charge in [0.15, 0.2) is 5.88 Å². The van der Waals surface area contributed by atoms with Crippen LogP contribution < -0.4 is 16.4 Å². The van der Waals surface area contributed by atoms with Gasteiger partial charge in [-0.1, -0.05) is 34.6 Å². The number of hydrogen-bond donors (Lipinski definition) is 3. The molecule has 0 aromatic heterocycles. The molecule has 0 amide bonds. The van der Waals surface area contributed by atoms with E-state index in [9.17, 15) is 0 Å². The molecular weight excluding hydrogens is 340 g/mol. The second kappa shape index (κ2) is 11.3. The van der Waals surface area contributed by atoms with Crippen molar-refractivity contribution in [3.05, 3.63) is 22.7 Å². The topological polar surface area (TPSA) is 80.9 Å². The molecule has 0 spiro atoms. The van der Waals surface area contributed by atoms with Crippen LogP contribution in [0.4, 0.5) is 0 Å². The van der Waals surface area contributed by atoms with E-state index in [1.165, 1.54) is 5.57 Å². The van der Waals surface area contributed by atoms with E-state index in [1.54, 1.807) is 7.05 Å². The van der Waals surface area contributed by atoms with E-state index in [0.717, 1.165) is 36.5 Å². The normalized spacial score (nSPS) is 22.1. The Morgan fingerprint density at radius 3 is 2.63 bits per heavy atom. The molecule has 0 bridgehead atoms. The molecule has 0 aliphatic carbocycles. The number of allylic oxidation sites excluding steroid dienone is 1. The molecule has 1 aliphatic rings. The quantitative estimate of drug-likeness (QED) is 0.536. The van der Waals surface area contributed by atoms with Crippen molar-refractivity contribution in [1.29, 1.82) is 0 Å². The molecule has 27 heavy (non-hydrogen) atoms. The van der Waals surface area contributed by atoms with Gasteiger partial charge in [0.1, 0.15) is 12.7 Å². The first-order valence-electron chi connectivity index (χ1n) is 10.1. The maximum absolute atomic E-state index is 6.27. The van der Waals surface area contributed by atoms with Gasteiger partial charge in [0, 0.05) is 43.7 Å². The molecule has 4 N–H and O–H groups in total. The van der Waals surface area contributed by atoms with Crippen LogP contribution in [0.5, 0.6) is 0 Å². The second-order valence-corrected chi connectivity index (χ2v) is 8.18. The van der Waals surface area contributed by atoms with Gasteiger partial charge in [-0.25, -0.2) is 0 Å². The smallest absolute Gasteiger partial charge is 0.192 e. The molecule has 1 fully saturated rings. The summed E-state index contributed by atoms with van der Waals surface area (Å²) in [7, 11) is 1.78. The zero-order chi connectivity index (χ0) is 20.4. The van der Waals surface area contributed by atoms with E-state index in [1.807, 2.05) is 6.21 Å². The van der Waals surface area contributed by atoms with Crippen molar-refractivity contribution in [3.8, 4) is 0 Å². The Labute approximate surface area is 165 Å². The van der Waals surface area contributed by atoms with Crippen molar-refractivity contribution >= 4 is 6.21 Å². The number of nitrogens with one attached hydrogen (secondary N) is 2. The molecule has 1 unspecified atom stereocenters. The maximum atomic E-state index is 6.27. The summed E-state index contributed by atoms with van der Waals surface area (Å²) >= 11 is 0. The van der Waals surface area contributed by atoms with Gasteiger partial charge in [-0.2, -0.15) is 0 Å². The lowest BCUT2D eigenvalue weighted by molar-refractivity contribution is -0.0157. The van der Waals surface area contributed by atoms with Gasteiger partial charge >= 0.3 is 0 Å². The molecule has 0 aromatic rings. The van der Waals surface area contributed by atoms with Crippen molar-refractivity contribution < 1.29 is 9.47 Å². The van der Waals surface area contributed by atoms with Gasteiger partial charge in [0.05, 0.1) is 6.61 Å². The number of rotatable bonds is 9. The van der Waals surface area contributed by atoms with Crippen LogP contribution in [0.1, 0.15) is 54.4 Å². The Kier molecular flexibility index (Phi) is 9.88. The van der Waals surface area contributed by atoms with Crippen molar-refractivity contribution in [2.75, 3.05) is 33.4 Å². The van der Waals surface area contributed by atoms with Crippen LogP contribution in [0.15, 0.2) is 27.7 Å². The SMILES string of the molecule is CC/C(CN[C@@H](C)CC)=C(/N)COC1CN/C(=C(\C=NC)C(C)(C)C)OC1. The van der Waals surface area contributed by atoms with Gasteiger partial charge in [-0.3, -0.25) is 4.99 Å². The Morgan fingerprint density at radius 2 is 2.15 bits per heavy atom. The Bertz CT molecular complexity index is 537. The average Bonchev–Trinajstić information content (AvgIpc) is 2.64. The van der Waals surface area contributed by atoms with Gasteiger partial charge in [0.25, 0.3) is 0 Å². The number of nitrogens with two attached hydrogens (primary N) is 1. The highest BCUT2D eigenvalue weighted by atomic mass is 16.5. The number of aliphatic imine (C=N–C) groups is 1. The van der Waals surface area contributed by atoms with Gasteiger partial charge < -0.3 is 25.8 Å². The minimum atomic E-state index is -0.0403. The molecule has 0 aromatic carbocycles. The summed E-state index contributed by atoms with van der Waals surface area (Å²) in [6.45, 7) is 15.4. The Morgan fingerprint density at radius 1 is 1.44 bits per heavy atom. The highest BCUT2D eigenvalue weighted by molar-refractivity contribution is 5.80. The average molecular weight is 381 g/mol. The fourth-order valence-electron chi connectivity index (χ4n) is 2.71.